The number of fused-ring (bicyclic) bond motifs is 2. The highest BCUT2D eigenvalue weighted by molar-refractivity contribution is 7.06. The summed E-state index contributed by atoms with van der Waals surface area (Å²) in [6.07, 6.45) is 10.1. The minimum absolute atomic E-state index is 0. The van der Waals surface area contributed by atoms with Crippen LogP contribution in [0.15, 0.2) is 82.6 Å². The number of hydrogen-bond donors (Lipinski definition) is 5. The average molecular weight is 1570 g/mol. The van der Waals surface area contributed by atoms with Crippen molar-refractivity contribution in [3.05, 3.63) is 104 Å². The molecule has 0 amide bonds. The van der Waals surface area contributed by atoms with Gasteiger partial charge < -0.3 is 30.5 Å². The number of halogens is 2. The van der Waals surface area contributed by atoms with Crippen molar-refractivity contribution in [3.8, 4) is 22.3 Å². The topological polar surface area (TPSA) is 179 Å². The molecule has 0 radical (unpaired) electrons. The van der Waals surface area contributed by atoms with Crippen molar-refractivity contribution in [2.24, 2.45) is 5.92 Å². The highest BCUT2D eigenvalue weighted by Crippen LogP contribution is 2.41. The van der Waals surface area contributed by atoms with Gasteiger partial charge in [0.15, 0.2) is 0 Å². The Hall–Kier alpha value is -4.95. The first kappa shape index (κ1) is 255. The van der Waals surface area contributed by atoms with Crippen LogP contribution in [0, 0.1) is 5.92 Å². The average Bonchev–Trinajstić information content (AvgIpc) is 3.21. The number of aromatic nitrogens is 6. The SMILES string of the molecule is C.C.C.C.C.C.C.C.C.C.C.C.C.C.C.C.C.C.C.C.C.C.C.C.C.C.C.C.C.C.C.C.C.C.C.C.C.C.C.C.C.C.C.C.CC(C)(C)[Si](C)(C)C(=O)C1CCC(Nc2ncc3cc(-c4ccccc4Cl)c(=O)[nH]c3n2)CC1.O=c1[nH]c2nc(NC3CCC(O)CC3)ncc2cc1-c1ccccc1Cl. The van der Waals surface area contributed by atoms with Gasteiger partial charge in [0.05, 0.1) is 6.10 Å². The number of nitrogens with one attached hydrogen (secondary N) is 4. The number of aromatic amines is 2. The van der Waals surface area contributed by atoms with Gasteiger partial charge in [-0.15, -0.1) is 0 Å². The third-order valence-corrected chi connectivity index (χ3v) is 18.5. The fraction of sp³-hybridized carbons (Fsp3) is 0.697. The van der Waals surface area contributed by atoms with Crippen molar-refractivity contribution in [2.75, 3.05) is 10.6 Å². The number of H-pyrrole nitrogens is 2. The standard InChI is InChI=1S/C26H33ClN4O2Si.C19H19ClN4O2.44CH4/c1-26(2,3)34(4,5)24(33)16-10-12-18(13-11-16)29-25-28-15-17-14-20(23(32)30-22(17)31-25)19-8-6-7-9-21(19)27;20-16-4-2-1-3-14(16)15-9-11-10-21-19(24-17(11)23-18(15)26)22-12-5-7-13(25)8-6-12;;;;;;;;;;;;;;;;;;;;;;;;;;;;;;;;;;;;;;;;;;;;/h6-9,14-16,18H,10-13H2,1-5H3,(H2,28,29,30,31,32);1-4,9-10,12-13,25H,5-8H2,(H2,21,22,23,24,26);44*1H4. The zero-order valence-electron chi connectivity index (χ0n) is 34.6. The van der Waals surface area contributed by atoms with Crippen molar-refractivity contribution in [2.45, 2.75) is 435 Å². The summed E-state index contributed by atoms with van der Waals surface area (Å²) < 4.78 is 0. The van der Waals surface area contributed by atoms with Crippen LogP contribution in [-0.4, -0.2) is 66.7 Å². The predicted octanol–water partition coefficient (Wildman–Crippen LogP) is 37.6. The van der Waals surface area contributed by atoms with E-state index in [1.807, 2.05) is 36.4 Å². The molecule has 0 unspecified atom stereocenters. The van der Waals surface area contributed by atoms with Gasteiger partial charge in [-0.2, -0.15) is 9.97 Å². The number of benzene rings is 2. The maximum atomic E-state index is 13.2. The lowest BCUT2D eigenvalue weighted by Gasteiger charge is -2.39. The van der Waals surface area contributed by atoms with Crippen LogP contribution in [0.25, 0.3) is 44.3 Å². The van der Waals surface area contributed by atoms with E-state index in [1.54, 1.807) is 36.7 Å². The van der Waals surface area contributed by atoms with Gasteiger partial charge in [0.1, 0.15) is 24.8 Å². The maximum Gasteiger partial charge on any atom is 0.257 e. The lowest BCUT2D eigenvalue weighted by molar-refractivity contribution is -0.117. The van der Waals surface area contributed by atoms with Gasteiger partial charge >= 0.3 is 0 Å². The molecule has 6 aromatic rings. The Morgan fingerprint density at radius 2 is 0.644 bits per heavy atom. The first-order valence-corrected chi connectivity index (χ1v) is 24.4. The Balaban J connectivity index is -0.0000000165. The predicted molar refractivity (Wildman–Crippen MR) is 541 cm³/mol. The van der Waals surface area contributed by atoms with Gasteiger partial charge in [0, 0.05) is 73.5 Å². The summed E-state index contributed by atoms with van der Waals surface area (Å²) in [5.74, 6) is 1.14. The lowest BCUT2D eigenvalue weighted by atomic mass is 9.87. The van der Waals surface area contributed by atoms with E-state index in [0.717, 1.165) is 62.1 Å². The van der Waals surface area contributed by atoms with E-state index in [0.29, 0.717) is 60.9 Å². The minimum Gasteiger partial charge on any atom is -0.393 e. The van der Waals surface area contributed by atoms with Crippen molar-refractivity contribution < 1.29 is 9.90 Å². The van der Waals surface area contributed by atoms with E-state index >= 15 is 0 Å². The molecule has 2 fully saturated rings. The summed E-state index contributed by atoms with van der Waals surface area (Å²) >= 11 is 12.5. The Labute approximate surface area is 684 Å². The van der Waals surface area contributed by atoms with Gasteiger partial charge in [-0.25, -0.2) is 9.97 Å². The lowest BCUT2D eigenvalue weighted by Crippen LogP contribution is -2.50. The summed E-state index contributed by atoms with van der Waals surface area (Å²) in [5, 5.41) is 19.4. The monoisotopic (exact) mass is 1570 g/mol. The van der Waals surface area contributed by atoms with Crippen LogP contribution in [0.3, 0.4) is 0 Å². The molecule has 2 aliphatic carbocycles. The second-order valence-corrected chi connectivity index (χ2v) is 23.6. The van der Waals surface area contributed by atoms with Crippen LogP contribution in [0.5, 0.6) is 0 Å². The number of aliphatic hydroxyl groups excluding tert-OH is 1. The number of pyridine rings is 2. The molecule has 0 saturated heterocycles. The van der Waals surface area contributed by atoms with Crippen molar-refractivity contribution in [1.29, 1.82) is 0 Å². The number of rotatable bonds is 8. The van der Waals surface area contributed by atoms with Crippen LogP contribution in [0.1, 0.15) is 399 Å². The van der Waals surface area contributed by atoms with E-state index in [1.165, 1.54) is 0 Å². The molecule has 666 valence electrons. The van der Waals surface area contributed by atoms with Crippen molar-refractivity contribution in [3.63, 3.8) is 0 Å². The summed E-state index contributed by atoms with van der Waals surface area (Å²) in [5.41, 5.74) is 2.84. The number of anilines is 2. The van der Waals surface area contributed by atoms with Gasteiger partial charge in [-0.1, -0.05) is 420 Å². The van der Waals surface area contributed by atoms with Crippen LogP contribution < -0.4 is 21.8 Å². The molecule has 0 bridgehead atoms. The molecule has 4 heterocycles. The summed E-state index contributed by atoms with van der Waals surface area (Å²) in [4.78, 5) is 62.0. The van der Waals surface area contributed by atoms with Crippen LogP contribution >= 0.6 is 23.2 Å². The van der Waals surface area contributed by atoms with Gasteiger partial charge in [0.2, 0.25) is 11.9 Å². The number of nitrogens with zero attached hydrogens (tertiary/aromatic N) is 4. The summed E-state index contributed by atoms with van der Waals surface area (Å²) in [7, 11) is -1.99. The molecule has 12 nitrogen and oxygen atoms in total. The number of carbonyl (C=O) groups is 1. The van der Waals surface area contributed by atoms with E-state index in [9.17, 15) is 19.5 Å². The molecular formula is C89H228Cl2N8O4Si. The molecule has 104 heavy (non-hydrogen) atoms. The first-order valence-electron chi connectivity index (χ1n) is 20.6. The fourth-order valence-corrected chi connectivity index (χ4v) is 10.4. The second kappa shape index (κ2) is 109. The van der Waals surface area contributed by atoms with E-state index < -0.39 is 8.07 Å². The van der Waals surface area contributed by atoms with Crippen LogP contribution in [-0.2, 0) is 4.79 Å². The maximum absolute atomic E-state index is 13.2. The Kier molecular flexibility index (Phi) is 268. The first-order chi connectivity index (χ1) is 28.6. The molecule has 2 aliphatic rings. The minimum atomic E-state index is -1.99. The number of aliphatic hydroxyl groups is 1. The molecule has 0 atom stereocenters. The summed E-state index contributed by atoms with van der Waals surface area (Å²) in [6, 6.07) is 18.5. The Morgan fingerprint density at radius 1 is 0.404 bits per heavy atom. The molecule has 0 aliphatic heterocycles. The molecule has 8 rings (SSSR count). The fourth-order valence-electron chi connectivity index (χ4n) is 7.85. The van der Waals surface area contributed by atoms with Crippen molar-refractivity contribution >= 4 is 70.6 Å². The number of carbonyl (C=O) groups excluding carboxylic acids is 1. The van der Waals surface area contributed by atoms with Gasteiger partial charge in [0.25, 0.3) is 11.1 Å². The Morgan fingerprint density at radius 3 is 0.885 bits per heavy atom. The smallest absolute Gasteiger partial charge is 0.257 e. The van der Waals surface area contributed by atoms with Gasteiger partial charge in [-0.05, 0) is 80.7 Å². The second-order valence-electron chi connectivity index (χ2n) is 17.6. The van der Waals surface area contributed by atoms with E-state index in [2.05, 4.69) is 74.4 Å². The molecule has 5 N–H and O–H groups in total. The van der Waals surface area contributed by atoms with Gasteiger partial charge in [-0.3, -0.25) is 9.59 Å². The quantitative estimate of drug-likeness (QED) is 0.0921. The molecular weight excluding hydrogens is 1340 g/mol. The summed E-state index contributed by atoms with van der Waals surface area (Å²) in [6.45, 7) is 11.0. The molecule has 2 aromatic carbocycles. The highest BCUT2D eigenvalue weighted by atomic mass is 35.5. The zero-order chi connectivity index (χ0) is 42.8. The molecule has 0 spiro atoms. The highest BCUT2D eigenvalue weighted by Gasteiger charge is 2.45. The largest absolute Gasteiger partial charge is 0.393 e. The normalized spacial score (nSPS) is 11.3. The van der Waals surface area contributed by atoms with E-state index in [4.69, 9.17) is 23.2 Å². The van der Waals surface area contributed by atoms with E-state index in [-0.39, 0.29) is 367 Å². The van der Waals surface area contributed by atoms with Crippen LogP contribution in [0.2, 0.25) is 28.2 Å². The molecule has 15 heteroatoms. The van der Waals surface area contributed by atoms with Crippen LogP contribution in [0.4, 0.5) is 11.9 Å². The number of hydrogen-bond acceptors (Lipinski definition) is 10. The zero-order valence-corrected chi connectivity index (χ0v) is 37.1. The molecule has 4 aromatic heterocycles. The van der Waals surface area contributed by atoms with Crippen molar-refractivity contribution in [1.82, 2.24) is 29.9 Å². The third-order valence-electron chi connectivity index (χ3n) is 12.5. The molecule has 2 saturated carbocycles. The Bertz CT molecular complexity index is 2640. The third kappa shape index (κ3) is 60.1.